The van der Waals surface area contributed by atoms with Crippen LogP contribution in [-0.4, -0.2) is 53.0 Å². The molecule has 7 heteroatoms. The molecule has 3 N–H and O–H groups in total. The van der Waals surface area contributed by atoms with Gasteiger partial charge in [-0.1, -0.05) is 19.3 Å². The number of carbonyl (C=O) groups is 1. The van der Waals surface area contributed by atoms with Gasteiger partial charge in [0.05, 0.1) is 0 Å². The first-order chi connectivity index (χ1) is 10.7. The Hall–Kier alpha value is -1.34. The number of nitrogens with one attached hydrogen (secondary N) is 1. The van der Waals surface area contributed by atoms with Gasteiger partial charge in [-0.2, -0.15) is 0 Å². The van der Waals surface area contributed by atoms with E-state index in [0.717, 1.165) is 45.6 Å². The lowest BCUT2D eigenvalue weighted by molar-refractivity contribution is 0.132. The van der Waals surface area contributed by atoms with Crippen LogP contribution in [0.3, 0.4) is 0 Å². The second kappa shape index (κ2) is 7.28. The third kappa shape index (κ3) is 4.10. The summed E-state index contributed by atoms with van der Waals surface area (Å²) in [6, 6.07) is 0.507. The maximum absolute atomic E-state index is 12.3. The smallest absolute Gasteiger partial charge is 0.317 e. The molecule has 2 amide bonds. The van der Waals surface area contributed by atoms with E-state index in [-0.39, 0.29) is 6.03 Å². The van der Waals surface area contributed by atoms with E-state index >= 15 is 0 Å². The summed E-state index contributed by atoms with van der Waals surface area (Å²) in [5.74, 6) is 0. The molecule has 1 saturated carbocycles. The normalized spacial score (nSPS) is 21.0. The number of nitrogens with two attached hydrogens (primary N) is 1. The number of piperazine rings is 1. The van der Waals surface area contributed by atoms with E-state index in [0.29, 0.717) is 11.2 Å². The lowest BCUT2D eigenvalue weighted by atomic mass is 9.96. The minimum Gasteiger partial charge on any atom is -0.375 e. The van der Waals surface area contributed by atoms with Gasteiger partial charge in [-0.25, -0.2) is 9.78 Å². The Bertz CT molecular complexity index is 492. The summed E-state index contributed by atoms with van der Waals surface area (Å²) < 4.78 is 0. The Kier molecular flexibility index (Phi) is 5.15. The standard InChI is InChI=1S/C15H25N5OS/c16-14-17-10-13(22-14)11-19-6-8-20(9-7-19)15(21)18-12-4-2-1-3-5-12/h10,12H,1-9,11H2,(H2,16,17)(H,18,21). The van der Waals surface area contributed by atoms with Crippen molar-refractivity contribution >= 4 is 22.5 Å². The summed E-state index contributed by atoms with van der Waals surface area (Å²) in [5, 5.41) is 3.83. The van der Waals surface area contributed by atoms with Gasteiger partial charge in [-0.3, -0.25) is 4.90 Å². The second-order valence-electron chi connectivity index (χ2n) is 6.21. The van der Waals surface area contributed by atoms with Crippen LogP contribution in [-0.2, 0) is 6.54 Å². The average molecular weight is 323 g/mol. The molecule has 1 aliphatic carbocycles. The third-order valence-corrected chi connectivity index (χ3v) is 5.35. The van der Waals surface area contributed by atoms with Crippen LogP contribution in [0.2, 0.25) is 0 Å². The van der Waals surface area contributed by atoms with Gasteiger partial charge in [-0.05, 0) is 12.8 Å². The number of thiazole rings is 1. The molecule has 0 atom stereocenters. The SMILES string of the molecule is Nc1ncc(CN2CCN(C(=O)NC3CCCCC3)CC2)s1. The molecule has 2 aliphatic rings. The number of amides is 2. The molecule has 1 saturated heterocycles. The van der Waals surface area contributed by atoms with Crippen molar-refractivity contribution in [1.29, 1.82) is 0 Å². The largest absolute Gasteiger partial charge is 0.375 e. The molecule has 3 rings (SSSR count). The number of aromatic nitrogens is 1. The van der Waals surface area contributed by atoms with Crippen molar-refractivity contribution in [2.24, 2.45) is 0 Å². The van der Waals surface area contributed by atoms with Crippen molar-refractivity contribution < 1.29 is 4.79 Å². The highest BCUT2D eigenvalue weighted by Gasteiger charge is 2.24. The first-order valence-corrected chi connectivity index (χ1v) is 9.00. The molecular formula is C15H25N5OS. The summed E-state index contributed by atoms with van der Waals surface area (Å²) >= 11 is 1.54. The predicted molar refractivity (Wildman–Crippen MR) is 88.8 cm³/mol. The first-order valence-electron chi connectivity index (χ1n) is 8.18. The van der Waals surface area contributed by atoms with Gasteiger partial charge in [0.25, 0.3) is 0 Å². The van der Waals surface area contributed by atoms with Gasteiger partial charge in [0.1, 0.15) is 0 Å². The predicted octanol–water partition coefficient (Wildman–Crippen LogP) is 1.89. The van der Waals surface area contributed by atoms with E-state index < -0.39 is 0 Å². The summed E-state index contributed by atoms with van der Waals surface area (Å²) in [4.78, 5) is 21.9. The zero-order chi connectivity index (χ0) is 15.4. The molecule has 122 valence electrons. The zero-order valence-corrected chi connectivity index (χ0v) is 13.8. The third-order valence-electron chi connectivity index (χ3n) is 4.54. The Morgan fingerprint density at radius 3 is 2.64 bits per heavy atom. The molecule has 0 spiro atoms. The number of hydrogen-bond donors (Lipinski definition) is 2. The van der Waals surface area contributed by atoms with Gasteiger partial charge in [0, 0.05) is 49.8 Å². The summed E-state index contributed by atoms with van der Waals surface area (Å²) in [6.07, 6.45) is 7.93. The minimum atomic E-state index is 0.119. The quantitative estimate of drug-likeness (QED) is 0.891. The fourth-order valence-electron chi connectivity index (χ4n) is 3.24. The Balaban J connectivity index is 1.41. The van der Waals surface area contributed by atoms with Crippen LogP contribution in [0, 0.1) is 0 Å². The molecule has 22 heavy (non-hydrogen) atoms. The first kappa shape index (κ1) is 15.6. The van der Waals surface area contributed by atoms with Crippen LogP contribution in [0.1, 0.15) is 37.0 Å². The number of rotatable bonds is 3. The van der Waals surface area contributed by atoms with E-state index in [9.17, 15) is 4.79 Å². The molecule has 0 radical (unpaired) electrons. The average Bonchev–Trinajstić information content (AvgIpc) is 2.94. The van der Waals surface area contributed by atoms with Crippen LogP contribution in [0.5, 0.6) is 0 Å². The van der Waals surface area contributed by atoms with Crippen molar-refractivity contribution in [2.75, 3.05) is 31.9 Å². The Labute approximate surface area is 135 Å². The number of anilines is 1. The Morgan fingerprint density at radius 1 is 1.27 bits per heavy atom. The minimum absolute atomic E-state index is 0.119. The molecule has 1 aromatic heterocycles. The van der Waals surface area contributed by atoms with Crippen molar-refractivity contribution in [3.63, 3.8) is 0 Å². The lowest BCUT2D eigenvalue weighted by Gasteiger charge is -2.35. The topological polar surface area (TPSA) is 74.5 Å². The molecule has 0 bridgehead atoms. The fraction of sp³-hybridized carbons (Fsp3) is 0.733. The van der Waals surface area contributed by atoms with E-state index in [4.69, 9.17) is 5.73 Å². The monoisotopic (exact) mass is 323 g/mol. The molecule has 0 unspecified atom stereocenters. The lowest BCUT2D eigenvalue weighted by Crippen LogP contribution is -2.53. The van der Waals surface area contributed by atoms with Crippen molar-refractivity contribution in [1.82, 2.24) is 20.1 Å². The molecule has 1 aromatic rings. The van der Waals surface area contributed by atoms with Gasteiger partial charge in [-0.15, -0.1) is 11.3 Å². The molecule has 2 fully saturated rings. The van der Waals surface area contributed by atoms with Crippen LogP contribution in [0.4, 0.5) is 9.93 Å². The highest BCUT2D eigenvalue weighted by atomic mass is 32.1. The molecule has 0 aromatic carbocycles. The van der Waals surface area contributed by atoms with E-state index in [1.54, 1.807) is 11.3 Å². The van der Waals surface area contributed by atoms with Crippen LogP contribution in [0.15, 0.2) is 6.20 Å². The van der Waals surface area contributed by atoms with Crippen LogP contribution >= 0.6 is 11.3 Å². The highest BCUT2D eigenvalue weighted by molar-refractivity contribution is 7.15. The number of urea groups is 1. The molecule has 1 aliphatic heterocycles. The van der Waals surface area contributed by atoms with Crippen molar-refractivity contribution in [3.8, 4) is 0 Å². The Morgan fingerprint density at radius 2 is 2.00 bits per heavy atom. The van der Waals surface area contributed by atoms with Gasteiger partial charge in [0.15, 0.2) is 5.13 Å². The van der Waals surface area contributed by atoms with E-state index in [2.05, 4.69) is 15.2 Å². The number of carbonyl (C=O) groups excluding carboxylic acids is 1. The number of nitrogen functional groups attached to an aromatic ring is 1. The summed E-state index contributed by atoms with van der Waals surface area (Å²) in [7, 11) is 0. The zero-order valence-electron chi connectivity index (χ0n) is 13.0. The second-order valence-corrected chi connectivity index (χ2v) is 7.36. The van der Waals surface area contributed by atoms with Gasteiger partial charge < -0.3 is 16.0 Å². The van der Waals surface area contributed by atoms with Crippen LogP contribution in [0.25, 0.3) is 0 Å². The highest BCUT2D eigenvalue weighted by Crippen LogP contribution is 2.19. The van der Waals surface area contributed by atoms with Crippen molar-refractivity contribution in [2.45, 2.75) is 44.7 Å². The van der Waals surface area contributed by atoms with Crippen molar-refractivity contribution in [3.05, 3.63) is 11.1 Å². The molecular weight excluding hydrogens is 298 g/mol. The van der Waals surface area contributed by atoms with Gasteiger partial charge >= 0.3 is 6.03 Å². The maximum Gasteiger partial charge on any atom is 0.317 e. The van der Waals surface area contributed by atoms with E-state index in [1.165, 1.54) is 24.1 Å². The number of hydrogen-bond acceptors (Lipinski definition) is 5. The maximum atomic E-state index is 12.3. The molecule has 2 heterocycles. The summed E-state index contributed by atoms with van der Waals surface area (Å²) in [6.45, 7) is 4.30. The fourth-order valence-corrected chi connectivity index (χ4v) is 3.96. The molecule has 6 nitrogen and oxygen atoms in total. The van der Waals surface area contributed by atoms with Gasteiger partial charge in [0.2, 0.25) is 0 Å². The van der Waals surface area contributed by atoms with Crippen LogP contribution < -0.4 is 11.1 Å². The number of nitrogens with zero attached hydrogens (tertiary/aromatic N) is 3. The van der Waals surface area contributed by atoms with E-state index in [1.807, 2.05) is 11.1 Å². The summed E-state index contributed by atoms with van der Waals surface area (Å²) in [5.41, 5.74) is 5.66.